The van der Waals surface area contributed by atoms with E-state index < -0.39 is 8.32 Å². The lowest BCUT2D eigenvalue weighted by Crippen LogP contribution is -2.58. The lowest BCUT2D eigenvalue weighted by atomic mass is 10.2. The van der Waals surface area contributed by atoms with E-state index in [1.807, 2.05) is 18.3 Å². The van der Waals surface area contributed by atoms with Crippen molar-refractivity contribution < 1.29 is 4.43 Å². The van der Waals surface area contributed by atoms with E-state index in [0.29, 0.717) is 6.10 Å². The number of rotatable bonds is 3. The fraction of sp³-hybridized carbons (Fsp3) is 0.643. The predicted octanol–water partition coefficient (Wildman–Crippen LogP) is 4.05. The summed E-state index contributed by atoms with van der Waals surface area (Å²) in [4.78, 5) is 6.68. The summed E-state index contributed by atoms with van der Waals surface area (Å²) in [5.74, 6) is 1.03. The molecule has 1 aliphatic rings. The van der Waals surface area contributed by atoms with Crippen LogP contribution in [0.1, 0.15) is 20.8 Å². The molecule has 0 atom stereocenters. The van der Waals surface area contributed by atoms with Gasteiger partial charge in [-0.15, -0.1) is 0 Å². The second kappa shape index (κ2) is 5.18. The Morgan fingerprint density at radius 1 is 1.37 bits per heavy atom. The molecule has 2 heterocycles. The van der Waals surface area contributed by atoms with E-state index in [1.54, 1.807) is 0 Å². The Hall–Kier alpha value is -0.393. The van der Waals surface area contributed by atoms with Crippen LogP contribution in [-0.4, -0.2) is 32.5 Å². The molecule has 0 spiro atoms. The molecule has 0 radical (unpaired) electrons. The van der Waals surface area contributed by atoms with Crippen LogP contribution in [0, 0.1) is 0 Å². The lowest BCUT2D eigenvalue weighted by molar-refractivity contribution is 0.148. The smallest absolute Gasteiger partial charge is 0.192 e. The first kappa shape index (κ1) is 15.0. The van der Waals surface area contributed by atoms with E-state index in [4.69, 9.17) is 4.43 Å². The molecule has 3 nitrogen and oxygen atoms in total. The highest BCUT2D eigenvalue weighted by Gasteiger charge is 2.42. The largest absolute Gasteiger partial charge is 0.410 e. The molecule has 0 amide bonds. The van der Waals surface area contributed by atoms with Crippen LogP contribution in [0.2, 0.25) is 18.1 Å². The number of nitrogens with zero attached hydrogens (tertiary/aromatic N) is 2. The van der Waals surface area contributed by atoms with Gasteiger partial charge in [-0.1, -0.05) is 20.8 Å². The van der Waals surface area contributed by atoms with Crippen molar-refractivity contribution in [1.29, 1.82) is 0 Å². The average molecular weight is 343 g/mol. The molecule has 1 aliphatic heterocycles. The van der Waals surface area contributed by atoms with Crippen LogP contribution in [0.15, 0.2) is 22.8 Å². The quantitative estimate of drug-likeness (QED) is 0.774. The monoisotopic (exact) mass is 342 g/mol. The molecule has 1 fully saturated rings. The molecule has 0 N–H and O–H groups in total. The Kier molecular flexibility index (Phi) is 4.09. The van der Waals surface area contributed by atoms with Crippen LogP contribution >= 0.6 is 15.9 Å². The van der Waals surface area contributed by atoms with Crippen molar-refractivity contribution in [2.75, 3.05) is 18.0 Å². The minimum Gasteiger partial charge on any atom is -0.410 e. The number of aromatic nitrogens is 1. The number of anilines is 1. The fourth-order valence-electron chi connectivity index (χ4n) is 1.89. The highest BCUT2D eigenvalue weighted by Crippen LogP contribution is 2.39. The maximum absolute atomic E-state index is 6.38. The van der Waals surface area contributed by atoms with Crippen LogP contribution in [0.5, 0.6) is 0 Å². The molecule has 0 saturated carbocycles. The van der Waals surface area contributed by atoms with Crippen LogP contribution < -0.4 is 4.90 Å². The molecule has 1 saturated heterocycles. The van der Waals surface area contributed by atoms with Crippen molar-refractivity contribution in [3.05, 3.63) is 22.8 Å². The number of halogens is 1. The number of pyridine rings is 1. The minimum absolute atomic E-state index is 0.277. The molecular formula is C14H23BrN2OSi. The van der Waals surface area contributed by atoms with E-state index in [9.17, 15) is 0 Å². The second-order valence-corrected chi connectivity index (χ2v) is 12.3. The average Bonchev–Trinajstić information content (AvgIpc) is 2.22. The summed E-state index contributed by atoms with van der Waals surface area (Å²) in [6.07, 6.45) is 2.19. The van der Waals surface area contributed by atoms with Gasteiger partial charge >= 0.3 is 0 Å². The lowest BCUT2D eigenvalue weighted by Gasteiger charge is -2.47. The molecular weight excluding hydrogens is 320 g/mol. The number of hydrogen-bond donors (Lipinski definition) is 0. The predicted molar refractivity (Wildman–Crippen MR) is 86.2 cm³/mol. The van der Waals surface area contributed by atoms with Gasteiger partial charge < -0.3 is 9.33 Å². The summed E-state index contributed by atoms with van der Waals surface area (Å²) < 4.78 is 7.44. The first-order valence-corrected chi connectivity index (χ1v) is 10.4. The summed E-state index contributed by atoms with van der Waals surface area (Å²) in [6, 6.07) is 3.97. The van der Waals surface area contributed by atoms with Crippen molar-refractivity contribution >= 4 is 30.1 Å². The maximum atomic E-state index is 6.38. The first-order valence-electron chi connectivity index (χ1n) is 6.74. The molecule has 106 valence electrons. The highest BCUT2D eigenvalue weighted by molar-refractivity contribution is 9.10. The molecule has 2 rings (SSSR count). The summed E-state index contributed by atoms with van der Waals surface area (Å²) in [6.45, 7) is 13.4. The summed E-state index contributed by atoms with van der Waals surface area (Å²) >= 11 is 3.55. The van der Waals surface area contributed by atoms with E-state index in [2.05, 4.69) is 59.7 Å². The molecule has 0 aliphatic carbocycles. The van der Waals surface area contributed by atoms with Gasteiger partial charge in [-0.2, -0.15) is 0 Å². The third kappa shape index (κ3) is 3.20. The van der Waals surface area contributed by atoms with Gasteiger partial charge in [0, 0.05) is 19.3 Å². The Morgan fingerprint density at radius 2 is 2.00 bits per heavy atom. The third-order valence-electron chi connectivity index (χ3n) is 4.15. The third-order valence-corrected chi connectivity index (χ3v) is 9.31. The van der Waals surface area contributed by atoms with Crippen molar-refractivity contribution in [2.24, 2.45) is 0 Å². The van der Waals surface area contributed by atoms with Gasteiger partial charge in [0.15, 0.2) is 8.32 Å². The maximum Gasteiger partial charge on any atom is 0.192 e. The zero-order chi connectivity index (χ0) is 14.3. The Labute approximate surface area is 125 Å². The molecule has 0 bridgehead atoms. The summed E-state index contributed by atoms with van der Waals surface area (Å²) in [7, 11) is -1.64. The van der Waals surface area contributed by atoms with Crippen molar-refractivity contribution in [1.82, 2.24) is 4.98 Å². The molecule has 1 aromatic heterocycles. The Balaban J connectivity index is 1.93. The van der Waals surface area contributed by atoms with Crippen molar-refractivity contribution in [2.45, 2.75) is 45.0 Å². The number of hydrogen-bond acceptors (Lipinski definition) is 3. The van der Waals surface area contributed by atoms with Crippen LogP contribution in [0.4, 0.5) is 5.82 Å². The molecule has 0 aromatic carbocycles. The zero-order valence-electron chi connectivity index (χ0n) is 12.4. The van der Waals surface area contributed by atoms with Gasteiger partial charge in [0.25, 0.3) is 0 Å². The minimum atomic E-state index is -1.64. The SMILES string of the molecule is CC(C)(C)[Si](C)(C)OC1CN(c2ncccc2Br)C1. The molecule has 0 unspecified atom stereocenters. The molecule has 1 aromatic rings. The van der Waals surface area contributed by atoms with E-state index in [0.717, 1.165) is 23.4 Å². The van der Waals surface area contributed by atoms with Gasteiger partial charge in [0.2, 0.25) is 0 Å². The topological polar surface area (TPSA) is 25.4 Å². The van der Waals surface area contributed by atoms with Gasteiger partial charge in [0.05, 0.1) is 10.6 Å². The van der Waals surface area contributed by atoms with Crippen molar-refractivity contribution in [3.63, 3.8) is 0 Å². The van der Waals surface area contributed by atoms with Crippen LogP contribution in [0.3, 0.4) is 0 Å². The van der Waals surface area contributed by atoms with E-state index in [1.165, 1.54) is 0 Å². The van der Waals surface area contributed by atoms with Crippen molar-refractivity contribution in [3.8, 4) is 0 Å². The second-order valence-electron chi connectivity index (χ2n) is 6.71. The Morgan fingerprint density at radius 3 is 2.53 bits per heavy atom. The zero-order valence-corrected chi connectivity index (χ0v) is 15.0. The normalized spacial score (nSPS) is 17.5. The van der Waals surface area contributed by atoms with Gasteiger partial charge in [-0.05, 0) is 46.2 Å². The fourth-order valence-corrected chi connectivity index (χ4v) is 3.73. The highest BCUT2D eigenvalue weighted by atomic mass is 79.9. The first-order chi connectivity index (χ1) is 8.71. The van der Waals surface area contributed by atoms with Gasteiger partial charge in [0.1, 0.15) is 5.82 Å². The van der Waals surface area contributed by atoms with E-state index in [-0.39, 0.29) is 5.04 Å². The van der Waals surface area contributed by atoms with Crippen LogP contribution in [0.25, 0.3) is 0 Å². The van der Waals surface area contributed by atoms with E-state index >= 15 is 0 Å². The summed E-state index contributed by atoms with van der Waals surface area (Å²) in [5, 5.41) is 0.277. The summed E-state index contributed by atoms with van der Waals surface area (Å²) in [5.41, 5.74) is 0. The van der Waals surface area contributed by atoms with Crippen LogP contribution in [-0.2, 0) is 4.43 Å². The van der Waals surface area contributed by atoms with Gasteiger partial charge in [-0.3, -0.25) is 0 Å². The molecule has 5 heteroatoms. The Bertz CT molecular complexity index is 453. The van der Waals surface area contributed by atoms with Gasteiger partial charge in [-0.25, -0.2) is 4.98 Å². The standard InChI is InChI=1S/C14H23BrN2OSi/c1-14(2,3)19(4,5)18-11-9-17(10-11)13-12(15)7-6-8-16-13/h6-8,11H,9-10H2,1-5H3. The molecule has 19 heavy (non-hydrogen) atoms.